The van der Waals surface area contributed by atoms with Crippen LogP contribution < -0.4 is 10.6 Å². The predicted molar refractivity (Wildman–Crippen MR) is 77.4 cm³/mol. The number of nitrogens with one attached hydrogen (secondary N) is 2. The molecule has 0 unspecified atom stereocenters. The first-order valence-corrected chi connectivity index (χ1v) is 7.29. The van der Waals surface area contributed by atoms with Gasteiger partial charge in [0.15, 0.2) is 0 Å². The monoisotopic (exact) mass is 285 g/mol. The van der Waals surface area contributed by atoms with Crippen molar-refractivity contribution in [3.05, 3.63) is 0 Å². The topological polar surface area (TPSA) is 70.7 Å². The fourth-order valence-corrected chi connectivity index (χ4v) is 2.71. The minimum atomic E-state index is -0.483. The molecule has 0 spiro atoms. The molecule has 1 rings (SSSR count). The summed E-state index contributed by atoms with van der Waals surface area (Å²) in [5.41, 5.74) is -0.483. The van der Waals surface area contributed by atoms with Crippen LogP contribution in [0, 0.1) is 5.41 Å². The van der Waals surface area contributed by atoms with Crippen molar-refractivity contribution < 1.29 is 14.3 Å². The van der Waals surface area contributed by atoms with E-state index in [1.165, 1.54) is 0 Å². The molecule has 1 heterocycles. The molecular formula is C14H27N3O3. The van der Waals surface area contributed by atoms with Gasteiger partial charge in [0.1, 0.15) is 0 Å². The highest BCUT2D eigenvalue weighted by Gasteiger charge is 2.42. The number of methoxy groups -OCH3 is 1. The summed E-state index contributed by atoms with van der Waals surface area (Å²) >= 11 is 0. The van der Waals surface area contributed by atoms with Crippen molar-refractivity contribution in [3.8, 4) is 0 Å². The average molecular weight is 285 g/mol. The van der Waals surface area contributed by atoms with Crippen molar-refractivity contribution >= 4 is 11.8 Å². The summed E-state index contributed by atoms with van der Waals surface area (Å²) in [6, 6.07) is 0. The molecule has 0 saturated carbocycles. The lowest BCUT2D eigenvalue weighted by Crippen LogP contribution is -2.53. The van der Waals surface area contributed by atoms with E-state index in [4.69, 9.17) is 4.74 Å². The zero-order valence-corrected chi connectivity index (χ0v) is 12.8. The van der Waals surface area contributed by atoms with Gasteiger partial charge in [-0.2, -0.15) is 0 Å². The number of nitrogens with zero attached hydrogens (tertiary/aromatic N) is 1. The summed E-state index contributed by atoms with van der Waals surface area (Å²) in [6.07, 6.45) is 2.35. The number of likely N-dealkylation sites (N-methyl/N-ethyl adjacent to an activating group) is 1. The Kier molecular flexibility index (Phi) is 6.95. The zero-order valence-electron chi connectivity index (χ0n) is 12.8. The number of ether oxygens (including phenoxy) is 1. The third-order valence-electron chi connectivity index (χ3n) is 3.83. The van der Waals surface area contributed by atoms with E-state index in [-0.39, 0.29) is 18.4 Å². The van der Waals surface area contributed by atoms with Gasteiger partial charge >= 0.3 is 0 Å². The third kappa shape index (κ3) is 4.18. The molecule has 0 radical (unpaired) electrons. The molecule has 1 fully saturated rings. The summed E-state index contributed by atoms with van der Waals surface area (Å²) < 4.78 is 5.29. The smallest absolute Gasteiger partial charge is 0.239 e. The largest absolute Gasteiger partial charge is 0.384 e. The van der Waals surface area contributed by atoms with Crippen LogP contribution in [0.1, 0.15) is 26.2 Å². The maximum Gasteiger partial charge on any atom is 0.239 e. The molecule has 0 aromatic rings. The molecule has 1 saturated heterocycles. The number of carbonyl (C=O) groups is 2. The lowest BCUT2D eigenvalue weighted by molar-refractivity contribution is -0.149. The van der Waals surface area contributed by atoms with Gasteiger partial charge < -0.3 is 20.3 Å². The van der Waals surface area contributed by atoms with Gasteiger partial charge in [0.05, 0.1) is 18.6 Å². The normalized spacial score (nSPS) is 17.6. The molecule has 0 aromatic carbocycles. The van der Waals surface area contributed by atoms with E-state index < -0.39 is 5.41 Å². The first-order chi connectivity index (χ1) is 9.59. The van der Waals surface area contributed by atoms with Gasteiger partial charge in [0, 0.05) is 20.7 Å². The summed E-state index contributed by atoms with van der Waals surface area (Å²) in [5, 5.41) is 5.85. The van der Waals surface area contributed by atoms with Crippen LogP contribution in [0.3, 0.4) is 0 Å². The minimum absolute atomic E-state index is 0.0475. The molecule has 0 atom stereocenters. The summed E-state index contributed by atoms with van der Waals surface area (Å²) in [7, 11) is 3.21. The molecular weight excluding hydrogens is 258 g/mol. The molecule has 0 aliphatic carbocycles. The third-order valence-corrected chi connectivity index (χ3v) is 3.83. The van der Waals surface area contributed by atoms with E-state index in [1.807, 2.05) is 6.92 Å². The summed E-state index contributed by atoms with van der Waals surface area (Å²) in [5.74, 6) is -0.0837. The van der Waals surface area contributed by atoms with Gasteiger partial charge in [-0.1, -0.05) is 6.92 Å². The Labute approximate surface area is 121 Å². The van der Waals surface area contributed by atoms with Crippen LogP contribution >= 0.6 is 0 Å². The molecule has 1 aliphatic rings. The lowest BCUT2D eigenvalue weighted by atomic mass is 9.78. The Morgan fingerprint density at radius 3 is 2.50 bits per heavy atom. The second-order valence-corrected chi connectivity index (χ2v) is 5.36. The fraction of sp³-hybridized carbons (Fsp3) is 0.857. The molecule has 116 valence electrons. The van der Waals surface area contributed by atoms with Gasteiger partial charge in [-0.25, -0.2) is 0 Å². The van der Waals surface area contributed by atoms with Crippen LogP contribution in [0.4, 0.5) is 0 Å². The maximum absolute atomic E-state index is 12.9. The molecule has 1 aliphatic heterocycles. The Balaban J connectivity index is 2.85. The highest BCUT2D eigenvalue weighted by atomic mass is 16.5. The van der Waals surface area contributed by atoms with Crippen LogP contribution in [0.5, 0.6) is 0 Å². The van der Waals surface area contributed by atoms with E-state index in [9.17, 15) is 9.59 Å². The SMILES string of the molecule is CCCN(CC(=O)NC)C(=O)C1(COC)CCNCC1. The minimum Gasteiger partial charge on any atom is -0.384 e. The summed E-state index contributed by atoms with van der Waals surface area (Å²) in [6.45, 7) is 4.79. The quantitative estimate of drug-likeness (QED) is 0.690. The number of amides is 2. The van der Waals surface area contributed by atoms with E-state index in [0.717, 1.165) is 32.4 Å². The maximum atomic E-state index is 12.9. The number of rotatable bonds is 7. The van der Waals surface area contributed by atoms with Crippen molar-refractivity contribution in [2.75, 3.05) is 46.9 Å². The summed E-state index contributed by atoms with van der Waals surface area (Å²) in [4.78, 5) is 26.2. The van der Waals surface area contributed by atoms with Gasteiger partial charge in [-0.3, -0.25) is 9.59 Å². The Morgan fingerprint density at radius 1 is 1.35 bits per heavy atom. The second-order valence-electron chi connectivity index (χ2n) is 5.36. The van der Waals surface area contributed by atoms with Gasteiger partial charge in [0.2, 0.25) is 11.8 Å². The molecule has 2 N–H and O–H groups in total. The van der Waals surface area contributed by atoms with Crippen molar-refractivity contribution in [1.29, 1.82) is 0 Å². The molecule has 20 heavy (non-hydrogen) atoms. The number of carbonyl (C=O) groups excluding carboxylic acids is 2. The number of piperidine rings is 1. The first kappa shape index (κ1) is 16.9. The van der Waals surface area contributed by atoms with E-state index >= 15 is 0 Å². The van der Waals surface area contributed by atoms with Crippen LogP contribution in [-0.4, -0.2) is 63.7 Å². The molecule has 0 aromatic heterocycles. The van der Waals surface area contributed by atoms with Gasteiger partial charge in [-0.15, -0.1) is 0 Å². The Hall–Kier alpha value is -1.14. The molecule has 0 bridgehead atoms. The van der Waals surface area contributed by atoms with E-state index in [1.54, 1.807) is 19.1 Å². The van der Waals surface area contributed by atoms with Crippen LogP contribution in [0.2, 0.25) is 0 Å². The zero-order chi connectivity index (χ0) is 15.0. The lowest BCUT2D eigenvalue weighted by Gasteiger charge is -2.39. The Morgan fingerprint density at radius 2 is 2.00 bits per heavy atom. The van der Waals surface area contributed by atoms with Crippen LogP contribution in [0.15, 0.2) is 0 Å². The van der Waals surface area contributed by atoms with Crippen LogP contribution in [0.25, 0.3) is 0 Å². The number of hydrogen-bond donors (Lipinski definition) is 2. The standard InChI is InChI=1S/C14H27N3O3/c1-4-9-17(10-12(18)15-2)13(19)14(11-20-3)5-7-16-8-6-14/h16H,4-11H2,1-3H3,(H,15,18). The second kappa shape index (κ2) is 8.21. The van der Waals surface area contributed by atoms with E-state index in [2.05, 4.69) is 10.6 Å². The van der Waals surface area contributed by atoms with Crippen LogP contribution in [-0.2, 0) is 14.3 Å². The first-order valence-electron chi connectivity index (χ1n) is 7.29. The number of hydrogen-bond acceptors (Lipinski definition) is 4. The van der Waals surface area contributed by atoms with E-state index in [0.29, 0.717) is 13.2 Å². The Bertz CT molecular complexity index is 322. The van der Waals surface area contributed by atoms with Crippen molar-refractivity contribution in [2.45, 2.75) is 26.2 Å². The van der Waals surface area contributed by atoms with Gasteiger partial charge in [-0.05, 0) is 32.4 Å². The van der Waals surface area contributed by atoms with Crippen molar-refractivity contribution in [1.82, 2.24) is 15.5 Å². The fourth-order valence-electron chi connectivity index (χ4n) is 2.71. The molecule has 6 heteroatoms. The average Bonchev–Trinajstić information content (AvgIpc) is 2.47. The van der Waals surface area contributed by atoms with Gasteiger partial charge in [0.25, 0.3) is 0 Å². The molecule has 6 nitrogen and oxygen atoms in total. The highest BCUT2D eigenvalue weighted by Crippen LogP contribution is 2.31. The van der Waals surface area contributed by atoms with Crippen molar-refractivity contribution in [2.24, 2.45) is 5.41 Å². The predicted octanol–water partition coefficient (Wildman–Crippen LogP) is -0.0128. The highest BCUT2D eigenvalue weighted by molar-refractivity contribution is 5.88. The molecule has 2 amide bonds. The van der Waals surface area contributed by atoms with Crippen molar-refractivity contribution in [3.63, 3.8) is 0 Å².